The number of hydrogen-bond acceptors (Lipinski definition) is 3. The fourth-order valence-electron chi connectivity index (χ4n) is 1.79. The van der Waals surface area contributed by atoms with Crippen molar-refractivity contribution in [2.45, 2.75) is 13.3 Å². The predicted molar refractivity (Wildman–Crippen MR) is 80.9 cm³/mol. The minimum Gasteiger partial charge on any atom is -0.382 e. The van der Waals surface area contributed by atoms with E-state index in [-0.39, 0.29) is 0 Å². The molecule has 1 aromatic carbocycles. The lowest BCUT2D eigenvalue weighted by atomic mass is 10.3. The summed E-state index contributed by atoms with van der Waals surface area (Å²) >= 11 is 3.56. The molecule has 0 aliphatic carbocycles. The van der Waals surface area contributed by atoms with Gasteiger partial charge in [0.05, 0.1) is 5.69 Å². The summed E-state index contributed by atoms with van der Waals surface area (Å²) in [4.78, 5) is 4.34. The van der Waals surface area contributed by atoms with E-state index in [1.807, 2.05) is 35.9 Å². The number of benzene rings is 1. The smallest absolute Gasteiger partial charge is 0.207 e. The summed E-state index contributed by atoms with van der Waals surface area (Å²) in [5.74, 6) is 0.850. The van der Waals surface area contributed by atoms with E-state index < -0.39 is 0 Å². The van der Waals surface area contributed by atoms with Gasteiger partial charge in [-0.05, 0) is 41.4 Å². The van der Waals surface area contributed by atoms with Crippen molar-refractivity contribution in [1.29, 1.82) is 0 Å². The fourth-order valence-corrected chi connectivity index (χ4v) is 2.27. The quantitative estimate of drug-likeness (QED) is 0.793. The van der Waals surface area contributed by atoms with Crippen molar-refractivity contribution in [3.05, 3.63) is 41.1 Å². The van der Waals surface area contributed by atoms with E-state index in [1.165, 1.54) is 0 Å². The molecule has 0 unspecified atom stereocenters. The van der Waals surface area contributed by atoms with E-state index in [0.717, 1.165) is 42.3 Å². The molecule has 102 valence electrons. The largest absolute Gasteiger partial charge is 0.382 e. The number of halogens is 1. The standard InChI is InChI=1S/C14H18BrN3O/c1-2-19-11-5-8-16-14-17-9-10-18(14)13-7-4-3-6-12(13)15/h3-4,6-7,9-10H,2,5,8,11H2,1H3,(H,16,17). The van der Waals surface area contributed by atoms with Gasteiger partial charge in [0, 0.05) is 36.6 Å². The number of anilines is 1. The predicted octanol–water partition coefficient (Wildman–Crippen LogP) is 3.47. The Labute approximate surface area is 121 Å². The van der Waals surface area contributed by atoms with Crippen molar-refractivity contribution in [3.8, 4) is 5.69 Å². The van der Waals surface area contributed by atoms with E-state index in [1.54, 1.807) is 6.20 Å². The lowest BCUT2D eigenvalue weighted by molar-refractivity contribution is 0.147. The molecule has 0 aliphatic heterocycles. The van der Waals surface area contributed by atoms with Gasteiger partial charge in [-0.15, -0.1) is 0 Å². The van der Waals surface area contributed by atoms with E-state index in [0.29, 0.717) is 0 Å². The zero-order valence-corrected chi connectivity index (χ0v) is 12.6. The van der Waals surface area contributed by atoms with Crippen LogP contribution < -0.4 is 5.32 Å². The Morgan fingerprint density at radius 2 is 2.21 bits per heavy atom. The number of hydrogen-bond donors (Lipinski definition) is 1. The SMILES string of the molecule is CCOCCCNc1nccn1-c1ccccc1Br. The van der Waals surface area contributed by atoms with Crippen molar-refractivity contribution in [1.82, 2.24) is 9.55 Å². The van der Waals surface area contributed by atoms with Crippen molar-refractivity contribution in [3.63, 3.8) is 0 Å². The van der Waals surface area contributed by atoms with Gasteiger partial charge in [-0.1, -0.05) is 12.1 Å². The van der Waals surface area contributed by atoms with Crippen LogP contribution in [-0.4, -0.2) is 29.3 Å². The molecule has 2 aromatic rings. The van der Waals surface area contributed by atoms with Crippen LogP contribution in [0.5, 0.6) is 0 Å². The minimum absolute atomic E-state index is 0.769. The maximum absolute atomic E-state index is 5.31. The van der Waals surface area contributed by atoms with Gasteiger partial charge in [0.25, 0.3) is 0 Å². The second-order valence-corrected chi connectivity index (χ2v) is 4.90. The molecule has 0 fully saturated rings. The Kier molecular flexibility index (Phi) is 5.42. The van der Waals surface area contributed by atoms with Crippen LogP contribution >= 0.6 is 15.9 Å². The van der Waals surface area contributed by atoms with Crippen LogP contribution in [0.4, 0.5) is 5.95 Å². The van der Waals surface area contributed by atoms with Gasteiger partial charge in [-0.2, -0.15) is 0 Å². The molecule has 0 radical (unpaired) electrons. The number of aromatic nitrogens is 2. The van der Waals surface area contributed by atoms with Crippen molar-refractivity contribution in [2.24, 2.45) is 0 Å². The highest BCUT2D eigenvalue weighted by Crippen LogP contribution is 2.23. The van der Waals surface area contributed by atoms with Gasteiger partial charge >= 0.3 is 0 Å². The Hall–Kier alpha value is -1.33. The second-order valence-electron chi connectivity index (χ2n) is 4.05. The topological polar surface area (TPSA) is 39.1 Å². The van der Waals surface area contributed by atoms with Crippen molar-refractivity contribution >= 4 is 21.9 Å². The van der Waals surface area contributed by atoms with E-state index in [9.17, 15) is 0 Å². The Morgan fingerprint density at radius 1 is 1.37 bits per heavy atom. The first-order valence-electron chi connectivity index (χ1n) is 6.42. The molecule has 4 nitrogen and oxygen atoms in total. The Morgan fingerprint density at radius 3 is 3.00 bits per heavy atom. The second kappa shape index (κ2) is 7.31. The molecular formula is C14H18BrN3O. The van der Waals surface area contributed by atoms with E-state index in [4.69, 9.17) is 4.74 Å². The average molecular weight is 324 g/mol. The third-order valence-corrected chi connectivity index (χ3v) is 3.38. The number of nitrogens with zero attached hydrogens (tertiary/aromatic N) is 2. The molecule has 19 heavy (non-hydrogen) atoms. The molecular weight excluding hydrogens is 306 g/mol. The lowest BCUT2D eigenvalue weighted by Gasteiger charge is -2.11. The highest BCUT2D eigenvalue weighted by molar-refractivity contribution is 9.10. The third kappa shape index (κ3) is 3.81. The van der Waals surface area contributed by atoms with Crippen molar-refractivity contribution < 1.29 is 4.74 Å². The van der Waals surface area contributed by atoms with Gasteiger partial charge < -0.3 is 10.1 Å². The molecule has 5 heteroatoms. The molecule has 0 amide bonds. The van der Waals surface area contributed by atoms with E-state index >= 15 is 0 Å². The Bertz CT molecular complexity index is 513. The maximum atomic E-state index is 5.31. The van der Waals surface area contributed by atoms with Crippen LogP contribution in [0.3, 0.4) is 0 Å². The number of nitrogens with one attached hydrogen (secondary N) is 1. The van der Waals surface area contributed by atoms with Crippen LogP contribution in [0.1, 0.15) is 13.3 Å². The molecule has 0 saturated carbocycles. The normalized spacial score (nSPS) is 10.6. The molecule has 0 bridgehead atoms. The first-order valence-corrected chi connectivity index (χ1v) is 7.22. The molecule has 0 spiro atoms. The first-order chi connectivity index (χ1) is 9.33. The van der Waals surface area contributed by atoms with Crippen LogP contribution in [0.2, 0.25) is 0 Å². The molecule has 0 aliphatic rings. The molecule has 1 N–H and O–H groups in total. The highest BCUT2D eigenvalue weighted by Gasteiger charge is 2.06. The van der Waals surface area contributed by atoms with Crippen LogP contribution in [-0.2, 0) is 4.74 Å². The average Bonchev–Trinajstić information content (AvgIpc) is 2.87. The summed E-state index contributed by atoms with van der Waals surface area (Å²) in [5, 5.41) is 3.33. The van der Waals surface area contributed by atoms with Gasteiger partial charge in [0.15, 0.2) is 0 Å². The summed E-state index contributed by atoms with van der Waals surface area (Å²) in [5.41, 5.74) is 1.08. The van der Waals surface area contributed by atoms with Gasteiger partial charge in [-0.25, -0.2) is 4.98 Å². The zero-order chi connectivity index (χ0) is 13.5. The summed E-state index contributed by atoms with van der Waals surface area (Å²) < 4.78 is 8.39. The summed E-state index contributed by atoms with van der Waals surface area (Å²) in [7, 11) is 0. The molecule has 1 heterocycles. The summed E-state index contributed by atoms with van der Waals surface area (Å²) in [6.07, 6.45) is 4.71. The summed E-state index contributed by atoms with van der Waals surface area (Å²) in [6.45, 7) is 4.40. The zero-order valence-electron chi connectivity index (χ0n) is 11.0. The van der Waals surface area contributed by atoms with Crippen molar-refractivity contribution in [2.75, 3.05) is 25.1 Å². The number of ether oxygens (including phenoxy) is 1. The van der Waals surface area contributed by atoms with Gasteiger partial charge in [-0.3, -0.25) is 4.57 Å². The van der Waals surface area contributed by atoms with Crippen LogP contribution in [0, 0.1) is 0 Å². The molecule has 2 rings (SSSR count). The minimum atomic E-state index is 0.769. The first kappa shape index (κ1) is 14.1. The highest BCUT2D eigenvalue weighted by atomic mass is 79.9. The lowest BCUT2D eigenvalue weighted by Crippen LogP contribution is -2.10. The monoisotopic (exact) mass is 323 g/mol. The van der Waals surface area contributed by atoms with Gasteiger partial charge in [0.2, 0.25) is 5.95 Å². The van der Waals surface area contributed by atoms with Crippen LogP contribution in [0.25, 0.3) is 5.69 Å². The number of rotatable bonds is 7. The molecule has 1 aromatic heterocycles. The molecule has 0 atom stereocenters. The van der Waals surface area contributed by atoms with Crippen LogP contribution in [0.15, 0.2) is 41.1 Å². The third-order valence-electron chi connectivity index (χ3n) is 2.71. The maximum Gasteiger partial charge on any atom is 0.207 e. The fraction of sp³-hybridized carbons (Fsp3) is 0.357. The number of imidazole rings is 1. The Balaban J connectivity index is 2.00. The number of para-hydroxylation sites is 1. The molecule has 0 saturated heterocycles. The van der Waals surface area contributed by atoms with Gasteiger partial charge in [0.1, 0.15) is 0 Å². The summed E-state index contributed by atoms with van der Waals surface area (Å²) in [6, 6.07) is 8.09. The van der Waals surface area contributed by atoms with E-state index in [2.05, 4.69) is 32.3 Å².